The molecule has 1 saturated heterocycles. The molecule has 1 N–H and O–H groups in total. The predicted octanol–water partition coefficient (Wildman–Crippen LogP) is 4.18. The Morgan fingerprint density at radius 3 is 2.06 bits per heavy atom. The van der Waals surface area contributed by atoms with E-state index in [1.54, 1.807) is 24.1 Å². The average molecular weight is 519 g/mol. The lowest BCUT2D eigenvalue weighted by Gasteiger charge is -2.33. The Bertz CT molecular complexity index is 1130. The predicted molar refractivity (Wildman–Crippen MR) is 135 cm³/mol. The summed E-state index contributed by atoms with van der Waals surface area (Å²) in [6.45, 7) is 6.02. The fourth-order valence-corrected chi connectivity index (χ4v) is 4.70. The van der Waals surface area contributed by atoms with E-state index in [0.717, 1.165) is 16.9 Å². The van der Waals surface area contributed by atoms with Crippen LogP contribution in [0.1, 0.15) is 40.0 Å². The van der Waals surface area contributed by atoms with Gasteiger partial charge in [-0.2, -0.15) is 4.72 Å². The number of nitrogens with zero attached hydrogens (tertiary/aromatic N) is 1. The number of piperidine rings is 1. The van der Waals surface area contributed by atoms with Crippen LogP contribution in [0.25, 0.3) is 11.1 Å². The summed E-state index contributed by atoms with van der Waals surface area (Å²) < 4.78 is 43.1. The van der Waals surface area contributed by atoms with E-state index in [0.29, 0.717) is 25.9 Å². The second kappa shape index (κ2) is 11.7. The molecule has 2 aromatic carbocycles. The van der Waals surface area contributed by atoms with Gasteiger partial charge < -0.3 is 19.1 Å². The molecule has 0 saturated carbocycles. The minimum atomic E-state index is -3.84. The van der Waals surface area contributed by atoms with Crippen LogP contribution in [0.5, 0.6) is 5.75 Å². The first kappa shape index (κ1) is 27.5. The molecule has 36 heavy (non-hydrogen) atoms. The number of methoxy groups -OCH3 is 1. The SMILES string of the molecule is COc1ccc(-c2ccc(S(=O)(=O)NCOC(=O)CC3CCN(C(=O)OC(C)(C)C)CC3)cc2)cc1. The summed E-state index contributed by atoms with van der Waals surface area (Å²) >= 11 is 0. The number of carbonyl (C=O) groups is 2. The summed E-state index contributed by atoms with van der Waals surface area (Å²) in [7, 11) is -2.24. The molecule has 10 heteroatoms. The largest absolute Gasteiger partial charge is 0.497 e. The van der Waals surface area contributed by atoms with Gasteiger partial charge in [0.15, 0.2) is 6.73 Å². The number of benzene rings is 2. The van der Waals surface area contributed by atoms with E-state index in [-0.39, 0.29) is 23.3 Å². The first-order valence-electron chi connectivity index (χ1n) is 11.8. The van der Waals surface area contributed by atoms with Gasteiger partial charge in [0.05, 0.1) is 12.0 Å². The molecule has 9 nitrogen and oxygen atoms in total. The number of amides is 1. The number of sulfonamides is 1. The van der Waals surface area contributed by atoms with E-state index in [1.165, 1.54) is 12.1 Å². The van der Waals surface area contributed by atoms with Crippen LogP contribution >= 0.6 is 0 Å². The fraction of sp³-hybridized carbons (Fsp3) is 0.462. The third-order valence-electron chi connectivity index (χ3n) is 5.79. The van der Waals surface area contributed by atoms with Gasteiger partial charge in [-0.05, 0) is 74.9 Å². The average Bonchev–Trinajstić information content (AvgIpc) is 2.83. The maximum atomic E-state index is 12.6. The summed E-state index contributed by atoms with van der Waals surface area (Å²) in [4.78, 5) is 26.1. The molecule has 1 aliphatic rings. The van der Waals surface area contributed by atoms with E-state index < -0.39 is 28.3 Å². The summed E-state index contributed by atoms with van der Waals surface area (Å²) in [6.07, 6.45) is 1.12. The summed E-state index contributed by atoms with van der Waals surface area (Å²) in [5, 5.41) is 0. The lowest BCUT2D eigenvalue weighted by molar-refractivity contribution is -0.145. The normalized spacial score (nSPS) is 14.8. The number of nitrogens with one attached hydrogen (secondary N) is 1. The van der Waals surface area contributed by atoms with Crippen molar-refractivity contribution in [2.24, 2.45) is 5.92 Å². The van der Waals surface area contributed by atoms with Gasteiger partial charge in [-0.1, -0.05) is 24.3 Å². The van der Waals surface area contributed by atoms with Crippen LogP contribution in [0.2, 0.25) is 0 Å². The number of carbonyl (C=O) groups excluding carboxylic acids is 2. The van der Waals surface area contributed by atoms with Gasteiger partial charge in [-0.15, -0.1) is 0 Å². The molecule has 1 heterocycles. The van der Waals surface area contributed by atoms with E-state index in [1.807, 2.05) is 45.0 Å². The van der Waals surface area contributed by atoms with Gasteiger partial charge in [0.25, 0.3) is 0 Å². The minimum absolute atomic E-state index is 0.0679. The van der Waals surface area contributed by atoms with Gasteiger partial charge in [0.1, 0.15) is 11.4 Å². The number of hydrogen-bond acceptors (Lipinski definition) is 7. The van der Waals surface area contributed by atoms with Crippen molar-refractivity contribution < 1.29 is 32.2 Å². The van der Waals surface area contributed by atoms with E-state index in [9.17, 15) is 18.0 Å². The highest BCUT2D eigenvalue weighted by Crippen LogP contribution is 2.24. The first-order chi connectivity index (χ1) is 17.0. The van der Waals surface area contributed by atoms with Crippen LogP contribution in [-0.2, 0) is 24.3 Å². The molecule has 0 aliphatic carbocycles. The topological polar surface area (TPSA) is 111 Å². The van der Waals surface area contributed by atoms with Crippen molar-refractivity contribution >= 4 is 22.1 Å². The highest BCUT2D eigenvalue weighted by Gasteiger charge is 2.28. The van der Waals surface area contributed by atoms with E-state index >= 15 is 0 Å². The van der Waals surface area contributed by atoms with E-state index in [4.69, 9.17) is 14.2 Å². The van der Waals surface area contributed by atoms with Crippen molar-refractivity contribution in [1.82, 2.24) is 9.62 Å². The Balaban J connectivity index is 1.42. The first-order valence-corrected chi connectivity index (χ1v) is 13.3. The molecule has 3 rings (SSSR count). The summed E-state index contributed by atoms with van der Waals surface area (Å²) in [5.41, 5.74) is 1.24. The Kier molecular flexibility index (Phi) is 8.97. The van der Waals surface area contributed by atoms with Crippen molar-refractivity contribution in [2.45, 2.75) is 50.5 Å². The molecule has 0 radical (unpaired) electrons. The van der Waals surface area contributed by atoms with Gasteiger partial charge in [0.2, 0.25) is 10.0 Å². The molecule has 2 aromatic rings. The maximum absolute atomic E-state index is 12.6. The monoisotopic (exact) mass is 518 g/mol. The molecule has 1 aliphatic heterocycles. The lowest BCUT2D eigenvalue weighted by atomic mass is 9.94. The van der Waals surface area contributed by atoms with Crippen LogP contribution in [-0.4, -0.2) is 57.9 Å². The Morgan fingerprint density at radius 2 is 1.53 bits per heavy atom. The van der Waals surface area contributed by atoms with Gasteiger partial charge in [0, 0.05) is 19.5 Å². The van der Waals surface area contributed by atoms with Crippen LogP contribution in [0.4, 0.5) is 4.79 Å². The number of likely N-dealkylation sites (tertiary alicyclic amines) is 1. The number of ether oxygens (including phenoxy) is 3. The third-order valence-corrected chi connectivity index (χ3v) is 7.18. The fourth-order valence-electron chi connectivity index (χ4n) is 3.82. The van der Waals surface area contributed by atoms with Crippen LogP contribution < -0.4 is 9.46 Å². The van der Waals surface area contributed by atoms with Gasteiger partial charge in [-0.25, -0.2) is 13.2 Å². The standard InChI is InChI=1S/C26H34N2O7S/c1-26(2,3)35-25(30)28-15-13-19(14-16-28)17-24(29)34-18-27-36(31,32)23-11-7-21(8-12-23)20-5-9-22(33-4)10-6-20/h5-12,19,27H,13-18H2,1-4H3. The molecule has 1 fully saturated rings. The number of hydrogen-bond donors (Lipinski definition) is 1. The molecule has 0 unspecified atom stereocenters. The van der Waals surface area contributed by atoms with E-state index in [2.05, 4.69) is 4.72 Å². The quantitative estimate of drug-likeness (QED) is 0.412. The van der Waals surface area contributed by atoms with Crippen molar-refractivity contribution in [1.29, 1.82) is 0 Å². The van der Waals surface area contributed by atoms with Crippen LogP contribution in [0, 0.1) is 5.92 Å². The molecule has 0 spiro atoms. The Hall–Kier alpha value is -3.11. The molecular formula is C26H34N2O7S. The van der Waals surface area contributed by atoms with Gasteiger partial charge in [-0.3, -0.25) is 4.79 Å². The van der Waals surface area contributed by atoms with Crippen molar-refractivity contribution in [3.05, 3.63) is 48.5 Å². The smallest absolute Gasteiger partial charge is 0.410 e. The second-order valence-electron chi connectivity index (χ2n) is 9.68. The molecule has 0 aromatic heterocycles. The molecule has 0 atom stereocenters. The maximum Gasteiger partial charge on any atom is 0.410 e. The zero-order valence-corrected chi connectivity index (χ0v) is 22.0. The van der Waals surface area contributed by atoms with Crippen LogP contribution in [0.15, 0.2) is 53.4 Å². The number of esters is 1. The minimum Gasteiger partial charge on any atom is -0.497 e. The Labute approximate surface area is 212 Å². The number of rotatable bonds is 8. The Morgan fingerprint density at radius 1 is 0.972 bits per heavy atom. The second-order valence-corrected chi connectivity index (χ2v) is 11.4. The van der Waals surface area contributed by atoms with Crippen molar-refractivity contribution in [3.8, 4) is 16.9 Å². The molecule has 0 bridgehead atoms. The lowest BCUT2D eigenvalue weighted by Crippen LogP contribution is -2.42. The third kappa shape index (κ3) is 7.96. The van der Waals surface area contributed by atoms with Crippen molar-refractivity contribution in [2.75, 3.05) is 26.9 Å². The summed E-state index contributed by atoms with van der Waals surface area (Å²) in [6, 6.07) is 13.9. The van der Waals surface area contributed by atoms with Crippen molar-refractivity contribution in [3.63, 3.8) is 0 Å². The zero-order chi connectivity index (χ0) is 26.3. The summed E-state index contributed by atoms with van der Waals surface area (Å²) in [5.74, 6) is 0.324. The zero-order valence-electron chi connectivity index (χ0n) is 21.2. The van der Waals surface area contributed by atoms with Crippen LogP contribution in [0.3, 0.4) is 0 Å². The molecule has 196 valence electrons. The molecular weight excluding hydrogens is 484 g/mol. The highest BCUT2D eigenvalue weighted by molar-refractivity contribution is 7.89. The molecule has 1 amide bonds. The van der Waals surface area contributed by atoms with Gasteiger partial charge >= 0.3 is 12.1 Å². The highest BCUT2D eigenvalue weighted by atomic mass is 32.2.